The van der Waals surface area contributed by atoms with Gasteiger partial charge in [-0.25, -0.2) is 0 Å². The summed E-state index contributed by atoms with van der Waals surface area (Å²) in [5.41, 5.74) is 0. The minimum atomic E-state index is -1.58. The van der Waals surface area contributed by atoms with Gasteiger partial charge in [0.2, 0.25) is 5.91 Å². The predicted molar refractivity (Wildman–Crippen MR) is 235 cm³/mol. The van der Waals surface area contributed by atoms with E-state index in [2.05, 4.69) is 79.9 Å². The first-order valence-electron chi connectivity index (χ1n) is 22.7. The SMILES string of the molecule is CCC/C=C/CC/C=C/CC/C=C/C(O)C(COC1OC(CO)C(O)C(O)C1O)NC(=O)CCCCCCCCCC/C=C\C/C=C\C/C=C\CCCCCCC. The van der Waals surface area contributed by atoms with Crippen molar-refractivity contribution < 1.29 is 39.8 Å². The van der Waals surface area contributed by atoms with Gasteiger partial charge in [-0.15, -0.1) is 0 Å². The standard InChI is InChI=1S/C48H83NO8/c1-3-5-7-9-11-13-15-16-17-18-19-20-21-22-23-24-25-26-28-30-32-34-36-38-44(52)49-41(40-56-48-47(55)46(54)45(53)43(39-50)57-48)42(51)37-35-33-31-29-27-14-12-10-8-6-4-2/h8,10,15-16,18-19,21-22,27,29,35,37,41-43,45-48,50-51,53-55H,3-7,9,11-14,17,20,23-26,28,30-34,36,38-40H2,1-2H3,(H,49,52)/b10-8+,16-15-,19-18-,22-21-,29-27+,37-35+. The van der Waals surface area contributed by atoms with E-state index in [0.29, 0.717) is 6.42 Å². The van der Waals surface area contributed by atoms with Crippen LogP contribution in [0.4, 0.5) is 0 Å². The van der Waals surface area contributed by atoms with Crippen LogP contribution in [0.3, 0.4) is 0 Å². The Morgan fingerprint density at radius 2 is 1.09 bits per heavy atom. The van der Waals surface area contributed by atoms with Crippen molar-refractivity contribution in [1.82, 2.24) is 5.32 Å². The van der Waals surface area contributed by atoms with Gasteiger partial charge in [0.1, 0.15) is 24.4 Å². The zero-order valence-electron chi connectivity index (χ0n) is 35.8. The van der Waals surface area contributed by atoms with Crippen molar-refractivity contribution in [1.29, 1.82) is 0 Å². The second kappa shape index (κ2) is 37.9. The monoisotopic (exact) mass is 802 g/mol. The summed E-state index contributed by atoms with van der Waals surface area (Å²) in [4.78, 5) is 12.9. The second-order valence-corrected chi connectivity index (χ2v) is 15.5. The molecular formula is C48H83NO8. The molecule has 9 heteroatoms. The molecule has 0 saturated carbocycles. The summed E-state index contributed by atoms with van der Waals surface area (Å²) in [5, 5.41) is 54.0. The molecule has 1 rings (SSSR count). The molecule has 0 aliphatic carbocycles. The van der Waals surface area contributed by atoms with E-state index >= 15 is 0 Å². The maximum Gasteiger partial charge on any atom is 0.220 e. The van der Waals surface area contributed by atoms with E-state index in [1.807, 2.05) is 6.08 Å². The highest BCUT2D eigenvalue weighted by molar-refractivity contribution is 5.76. The van der Waals surface area contributed by atoms with Crippen molar-refractivity contribution in [2.75, 3.05) is 13.2 Å². The molecule has 1 heterocycles. The fourth-order valence-corrected chi connectivity index (χ4v) is 6.55. The van der Waals surface area contributed by atoms with Gasteiger partial charge in [-0.3, -0.25) is 4.79 Å². The zero-order chi connectivity index (χ0) is 41.6. The molecule has 0 aromatic heterocycles. The van der Waals surface area contributed by atoms with Gasteiger partial charge in [-0.1, -0.05) is 157 Å². The van der Waals surface area contributed by atoms with E-state index in [1.54, 1.807) is 6.08 Å². The summed E-state index contributed by atoms with van der Waals surface area (Å²) in [6, 6.07) is -0.833. The molecule has 1 aliphatic heterocycles. The molecule has 328 valence electrons. The number of amides is 1. The molecule has 1 saturated heterocycles. The minimum absolute atomic E-state index is 0.204. The third-order valence-corrected chi connectivity index (χ3v) is 10.2. The van der Waals surface area contributed by atoms with Crippen LogP contribution in [0.1, 0.15) is 168 Å². The van der Waals surface area contributed by atoms with Crippen molar-refractivity contribution in [3.8, 4) is 0 Å². The van der Waals surface area contributed by atoms with Crippen LogP contribution < -0.4 is 5.32 Å². The van der Waals surface area contributed by atoms with E-state index in [1.165, 1.54) is 64.2 Å². The Morgan fingerprint density at radius 3 is 1.65 bits per heavy atom. The molecule has 6 N–H and O–H groups in total. The molecular weight excluding hydrogens is 719 g/mol. The molecule has 1 aliphatic rings. The van der Waals surface area contributed by atoms with Gasteiger partial charge in [0.05, 0.1) is 25.4 Å². The average Bonchev–Trinajstić information content (AvgIpc) is 3.21. The Kier molecular flexibility index (Phi) is 35.0. The molecule has 0 bridgehead atoms. The highest BCUT2D eigenvalue weighted by atomic mass is 16.7. The Hall–Kier alpha value is -2.37. The van der Waals surface area contributed by atoms with E-state index in [4.69, 9.17) is 9.47 Å². The van der Waals surface area contributed by atoms with Crippen molar-refractivity contribution in [3.05, 3.63) is 72.9 Å². The van der Waals surface area contributed by atoms with Crippen LogP contribution in [0.15, 0.2) is 72.9 Å². The number of carbonyl (C=O) groups is 1. The second-order valence-electron chi connectivity index (χ2n) is 15.5. The average molecular weight is 802 g/mol. The molecule has 0 aromatic carbocycles. The maximum absolute atomic E-state index is 12.9. The van der Waals surface area contributed by atoms with Crippen molar-refractivity contribution in [2.24, 2.45) is 0 Å². The fraction of sp³-hybridized carbons (Fsp3) is 0.729. The number of hydrogen-bond acceptors (Lipinski definition) is 8. The molecule has 0 spiro atoms. The van der Waals surface area contributed by atoms with Crippen LogP contribution in [-0.4, -0.2) is 87.5 Å². The molecule has 57 heavy (non-hydrogen) atoms. The quantitative estimate of drug-likeness (QED) is 0.0271. The lowest BCUT2D eigenvalue weighted by molar-refractivity contribution is -0.302. The van der Waals surface area contributed by atoms with E-state index in [-0.39, 0.29) is 12.5 Å². The van der Waals surface area contributed by atoms with E-state index in [0.717, 1.165) is 83.5 Å². The van der Waals surface area contributed by atoms with E-state index < -0.39 is 49.5 Å². The molecule has 0 radical (unpaired) electrons. The van der Waals surface area contributed by atoms with Crippen LogP contribution in [0.2, 0.25) is 0 Å². The third kappa shape index (κ3) is 28.7. The number of aliphatic hydroxyl groups excluding tert-OH is 5. The summed E-state index contributed by atoms with van der Waals surface area (Å²) in [7, 11) is 0. The van der Waals surface area contributed by atoms with Gasteiger partial charge in [0.25, 0.3) is 0 Å². The summed E-state index contributed by atoms with van der Waals surface area (Å²) in [6.07, 6.45) is 43.8. The minimum Gasteiger partial charge on any atom is -0.394 e. The van der Waals surface area contributed by atoms with Crippen LogP contribution in [0.25, 0.3) is 0 Å². The first-order chi connectivity index (χ1) is 27.8. The lowest BCUT2D eigenvalue weighted by Gasteiger charge is -2.40. The van der Waals surface area contributed by atoms with Gasteiger partial charge < -0.3 is 40.3 Å². The molecule has 7 unspecified atom stereocenters. The van der Waals surface area contributed by atoms with Crippen LogP contribution in [0, 0.1) is 0 Å². The normalized spacial score (nSPS) is 21.7. The lowest BCUT2D eigenvalue weighted by atomic mass is 9.99. The Bertz CT molecular complexity index is 1120. The van der Waals surface area contributed by atoms with Gasteiger partial charge in [-0.2, -0.15) is 0 Å². The number of unbranched alkanes of at least 4 members (excludes halogenated alkanes) is 16. The highest BCUT2D eigenvalue weighted by Gasteiger charge is 2.44. The summed E-state index contributed by atoms with van der Waals surface area (Å²) in [5.74, 6) is -0.204. The summed E-state index contributed by atoms with van der Waals surface area (Å²) in [6.45, 7) is 3.63. The van der Waals surface area contributed by atoms with Crippen LogP contribution in [-0.2, 0) is 14.3 Å². The van der Waals surface area contributed by atoms with Crippen LogP contribution >= 0.6 is 0 Å². The topological polar surface area (TPSA) is 149 Å². The fourth-order valence-electron chi connectivity index (χ4n) is 6.55. The highest BCUT2D eigenvalue weighted by Crippen LogP contribution is 2.22. The Balaban J connectivity index is 2.33. The van der Waals surface area contributed by atoms with Gasteiger partial charge in [0, 0.05) is 6.42 Å². The molecule has 9 nitrogen and oxygen atoms in total. The number of hydrogen-bond donors (Lipinski definition) is 6. The van der Waals surface area contributed by atoms with Crippen molar-refractivity contribution >= 4 is 5.91 Å². The number of allylic oxidation sites excluding steroid dienone is 11. The lowest BCUT2D eigenvalue weighted by Crippen LogP contribution is -2.60. The smallest absolute Gasteiger partial charge is 0.220 e. The molecule has 7 atom stereocenters. The summed E-state index contributed by atoms with van der Waals surface area (Å²) < 4.78 is 11.2. The Morgan fingerprint density at radius 1 is 0.596 bits per heavy atom. The maximum atomic E-state index is 12.9. The zero-order valence-corrected chi connectivity index (χ0v) is 35.8. The number of aliphatic hydroxyl groups is 5. The number of carbonyl (C=O) groups excluding carboxylic acids is 1. The van der Waals surface area contributed by atoms with E-state index in [9.17, 15) is 30.3 Å². The van der Waals surface area contributed by atoms with Crippen LogP contribution in [0.5, 0.6) is 0 Å². The van der Waals surface area contributed by atoms with Crippen molar-refractivity contribution in [2.45, 2.75) is 211 Å². The van der Waals surface area contributed by atoms with Gasteiger partial charge >= 0.3 is 0 Å². The first kappa shape index (κ1) is 52.6. The Labute approximate surface area is 347 Å². The van der Waals surface area contributed by atoms with Gasteiger partial charge in [-0.05, 0) is 77.0 Å². The molecule has 0 aromatic rings. The number of rotatable bonds is 36. The molecule has 1 amide bonds. The third-order valence-electron chi connectivity index (χ3n) is 10.2. The predicted octanol–water partition coefficient (Wildman–Crippen LogP) is 9.39. The first-order valence-corrected chi connectivity index (χ1v) is 22.7. The number of nitrogens with one attached hydrogen (secondary N) is 1. The molecule has 1 fully saturated rings. The van der Waals surface area contributed by atoms with Gasteiger partial charge in [0.15, 0.2) is 6.29 Å². The largest absolute Gasteiger partial charge is 0.394 e. The van der Waals surface area contributed by atoms with Crippen molar-refractivity contribution in [3.63, 3.8) is 0 Å². The summed E-state index contributed by atoms with van der Waals surface area (Å²) >= 11 is 0. The number of ether oxygens (including phenoxy) is 2.